The van der Waals surface area contributed by atoms with Gasteiger partial charge in [0.2, 0.25) is 0 Å². The van der Waals surface area contributed by atoms with Crippen LogP contribution in [0.15, 0.2) is 12.1 Å². The van der Waals surface area contributed by atoms with Crippen LogP contribution >= 0.6 is 0 Å². The third-order valence-corrected chi connectivity index (χ3v) is 3.70. The van der Waals surface area contributed by atoms with Crippen LogP contribution in [0, 0.1) is 0 Å². The van der Waals surface area contributed by atoms with Crippen molar-refractivity contribution >= 4 is 11.8 Å². The maximum atomic E-state index is 12.3. The zero-order chi connectivity index (χ0) is 16.3. The lowest BCUT2D eigenvalue weighted by Crippen LogP contribution is -2.21. The number of fused-ring (bicyclic) bond motifs is 1. The van der Waals surface area contributed by atoms with E-state index in [1.54, 1.807) is 6.92 Å². The van der Waals surface area contributed by atoms with Gasteiger partial charge in [0, 0.05) is 12.5 Å². The van der Waals surface area contributed by atoms with Crippen LogP contribution in [0.5, 0.6) is 11.5 Å². The number of carbonyl (C=O) groups excluding carboxylic acids is 2. The van der Waals surface area contributed by atoms with Crippen molar-refractivity contribution in [3.05, 3.63) is 23.3 Å². The summed E-state index contributed by atoms with van der Waals surface area (Å²) < 4.78 is 5.24. The molecular weight excluding hydrogens is 288 g/mol. The fourth-order valence-corrected chi connectivity index (χ4v) is 2.67. The number of carbonyl (C=O) groups is 2. The monoisotopic (exact) mass is 308 g/mol. The molecule has 0 bridgehead atoms. The molecule has 22 heavy (non-hydrogen) atoms. The van der Waals surface area contributed by atoms with Crippen molar-refractivity contribution in [3.63, 3.8) is 0 Å². The molecule has 0 saturated heterocycles. The number of ketones is 1. The van der Waals surface area contributed by atoms with Gasteiger partial charge in [-0.25, -0.2) is 0 Å². The molecule has 0 amide bonds. The number of benzene rings is 1. The normalized spacial score (nSPS) is 23.9. The Kier molecular flexibility index (Phi) is 5.03. The van der Waals surface area contributed by atoms with Gasteiger partial charge in [0.25, 0.3) is 0 Å². The Morgan fingerprint density at radius 1 is 1.18 bits per heavy atom. The molecule has 1 aromatic carbocycles. The van der Waals surface area contributed by atoms with Gasteiger partial charge in [-0.1, -0.05) is 0 Å². The first-order valence-electron chi connectivity index (χ1n) is 7.32. The van der Waals surface area contributed by atoms with Crippen molar-refractivity contribution < 1.29 is 29.6 Å². The minimum absolute atomic E-state index is 0.0398. The second-order valence-electron chi connectivity index (χ2n) is 5.69. The number of phenols is 2. The second kappa shape index (κ2) is 6.79. The molecule has 0 spiro atoms. The van der Waals surface area contributed by atoms with E-state index in [9.17, 15) is 24.9 Å². The van der Waals surface area contributed by atoms with Gasteiger partial charge in [0.1, 0.15) is 11.5 Å². The Labute approximate surface area is 128 Å². The fourth-order valence-electron chi connectivity index (χ4n) is 2.67. The van der Waals surface area contributed by atoms with Crippen molar-refractivity contribution in [1.82, 2.24) is 0 Å². The van der Waals surface area contributed by atoms with E-state index in [1.807, 2.05) is 0 Å². The van der Waals surface area contributed by atoms with Crippen LogP contribution in [0.1, 0.15) is 48.5 Å². The first-order chi connectivity index (χ1) is 10.4. The fraction of sp³-hybridized carbons (Fsp3) is 0.500. The highest BCUT2D eigenvalue weighted by molar-refractivity contribution is 6.01. The number of phenolic OH excluding ortho intramolecular Hbond substituents is 2. The third kappa shape index (κ3) is 3.98. The van der Waals surface area contributed by atoms with Crippen LogP contribution in [-0.2, 0) is 16.0 Å². The van der Waals surface area contributed by atoms with Crippen molar-refractivity contribution in [2.24, 2.45) is 0 Å². The number of aromatic hydroxyl groups is 2. The summed E-state index contributed by atoms with van der Waals surface area (Å²) in [7, 11) is 0. The number of rotatable bonds is 0. The summed E-state index contributed by atoms with van der Waals surface area (Å²) in [5.41, 5.74) is 0.162. The molecule has 2 rings (SSSR count). The number of cyclic esters (lactones) is 1. The summed E-state index contributed by atoms with van der Waals surface area (Å²) >= 11 is 0. The number of esters is 1. The lowest BCUT2D eigenvalue weighted by molar-refractivity contribution is -0.147. The highest BCUT2D eigenvalue weighted by atomic mass is 16.5. The Bertz CT molecular complexity index is 580. The Balaban J connectivity index is 2.40. The highest BCUT2D eigenvalue weighted by Gasteiger charge is 2.24. The largest absolute Gasteiger partial charge is 0.508 e. The van der Waals surface area contributed by atoms with Gasteiger partial charge >= 0.3 is 5.97 Å². The first kappa shape index (κ1) is 16.3. The van der Waals surface area contributed by atoms with Gasteiger partial charge in [0.05, 0.1) is 24.2 Å². The van der Waals surface area contributed by atoms with Crippen molar-refractivity contribution in [1.29, 1.82) is 0 Å². The van der Waals surface area contributed by atoms with Crippen molar-refractivity contribution in [2.45, 2.75) is 51.2 Å². The Morgan fingerprint density at radius 3 is 2.64 bits per heavy atom. The second-order valence-corrected chi connectivity index (χ2v) is 5.69. The molecule has 1 aromatic rings. The van der Waals surface area contributed by atoms with E-state index >= 15 is 0 Å². The minimum Gasteiger partial charge on any atom is -0.508 e. The van der Waals surface area contributed by atoms with Crippen LogP contribution in [0.4, 0.5) is 0 Å². The molecule has 120 valence electrons. The zero-order valence-electron chi connectivity index (χ0n) is 12.4. The molecule has 6 heteroatoms. The van der Waals surface area contributed by atoms with Gasteiger partial charge in [0.15, 0.2) is 5.78 Å². The van der Waals surface area contributed by atoms with E-state index in [-0.39, 0.29) is 35.8 Å². The number of Topliss-reactive ketones (excluding diaryl/α,β-unsaturated/α-hetero) is 1. The van der Waals surface area contributed by atoms with Crippen LogP contribution in [0.25, 0.3) is 0 Å². The molecule has 6 nitrogen and oxygen atoms in total. The predicted molar refractivity (Wildman–Crippen MR) is 77.8 cm³/mol. The predicted octanol–water partition coefficient (Wildman–Crippen LogP) is 1.69. The van der Waals surface area contributed by atoms with E-state index in [1.165, 1.54) is 6.07 Å². The summed E-state index contributed by atoms with van der Waals surface area (Å²) in [4.78, 5) is 24.2. The first-order valence-corrected chi connectivity index (χ1v) is 7.32. The molecule has 2 atom stereocenters. The number of aliphatic hydroxyl groups excluding tert-OH is 1. The van der Waals surface area contributed by atoms with Crippen molar-refractivity contribution in [2.75, 3.05) is 0 Å². The molecule has 1 aliphatic rings. The number of hydrogen-bond donors (Lipinski definition) is 3. The van der Waals surface area contributed by atoms with Crippen LogP contribution in [0.2, 0.25) is 0 Å². The van der Waals surface area contributed by atoms with Crippen molar-refractivity contribution in [3.8, 4) is 11.5 Å². The molecule has 3 N–H and O–H groups in total. The highest BCUT2D eigenvalue weighted by Crippen LogP contribution is 2.30. The maximum absolute atomic E-state index is 12.3. The molecule has 1 aliphatic heterocycles. The lowest BCUT2D eigenvalue weighted by Gasteiger charge is -2.18. The van der Waals surface area contributed by atoms with Gasteiger partial charge in [-0.2, -0.15) is 0 Å². The van der Waals surface area contributed by atoms with Gasteiger partial charge in [-0.3, -0.25) is 9.59 Å². The van der Waals surface area contributed by atoms with Crippen LogP contribution < -0.4 is 0 Å². The van der Waals surface area contributed by atoms with E-state index in [4.69, 9.17) is 4.74 Å². The van der Waals surface area contributed by atoms with E-state index < -0.39 is 23.6 Å². The number of aliphatic hydroxyl groups is 1. The average molecular weight is 308 g/mol. The van der Waals surface area contributed by atoms with Crippen LogP contribution in [0.3, 0.4) is 0 Å². The maximum Gasteiger partial charge on any atom is 0.310 e. The number of ether oxygens (including phenoxy) is 1. The topological polar surface area (TPSA) is 104 Å². The van der Waals surface area contributed by atoms with Crippen LogP contribution in [-0.4, -0.2) is 39.3 Å². The average Bonchev–Trinajstić information content (AvgIpc) is 2.35. The zero-order valence-corrected chi connectivity index (χ0v) is 12.4. The Hall–Kier alpha value is -2.08. The molecule has 1 heterocycles. The smallest absolute Gasteiger partial charge is 0.310 e. The van der Waals surface area contributed by atoms with E-state index in [2.05, 4.69) is 0 Å². The molecular formula is C16H20O6. The van der Waals surface area contributed by atoms with Gasteiger partial charge in [-0.05, 0) is 37.8 Å². The minimum atomic E-state index is -0.809. The van der Waals surface area contributed by atoms with Gasteiger partial charge < -0.3 is 20.1 Å². The molecule has 0 aromatic heterocycles. The summed E-state index contributed by atoms with van der Waals surface area (Å²) in [5, 5.41) is 29.4. The van der Waals surface area contributed by atoms with E-state index in [0.29, 0.717) is 19.3 Å². The summed E-state index contributed by atoms with van der Waals surface area (Å²) in [6.45, 7) is 1.77. The summed E-state index contributed by atoms with van der Waals surface area (Å²) in [6.07, 6.45) is 0.215. The third-order valence-electron chi connectivity index (χ3n) is 3.70. The standard InChI is InChI=1S/C16H20O6/c1-9-3-2-4-11(17)7-13(19)16-10(6-15(21)22-9)5-12(18)8-14(16)20/h5,8-9,11,17-18,20H,2-4,6-7H2,1H3/t9-,11-/m0/s1. The van der Waals surface area contributed by atoms with E-state index in [0.717, 1.165) is 6.07 Å². The van der Waals surface area contributed by atoms with Gasteiger partial charge in [-0.15, -0.1) is 0 Å². The summed E-state index contributed by atoms with van der Waals surface area (Å²) in [6, 6.07) is 2.31. The number of hydrogen-bond acceptors (Lipinski definition) is 6. The molecule has 0 unspecified atom stereocenters. The summed E-state index contributed by atoms with van der Waals surface area (Å²) in [5.74, 6) is -1.61. The lowest BCUT2D eigenvalue weighted by atomic mass is 9.94. The molecule has 0 saturated carbocycles. The molecule has 0 aliphatic carbocycles. The Morgan fingerprint density at radius 2 is 1.91 bits per heavy atom. The SMILES string of the molecule is C[C@H]1CCC[C@H](O)CC(=O)c2c(O)cc(O)cc2CC(=O)O1. The molecule has 0 radical (unpaired) electrons. The quantitative estimate of drug-likeness (QED) is 0.630. The molecule has 0 fully saturated rings.